The van der Waals surface area contributed by atoms with E-state index in [9.17, 15) is 4.79 Å². The number of carbonyl (C=O) groups is 1. The Kier molecular flexibility index (Phi) is 4.74. The third kappa shape index (κ3) is 3.22. The molecule has 120 valence electrons. The van der Waals surface area contributed by atoms with Gasteiger partial charge in [0.15, 0.2) is 5.78 Å². The van der Waals surface area contributed by atoms with Crippen molar-refractivity contribution in [2.75, 3.05) is 0 Å². The molecular formula is C21H18ClNO. The highest BCUT2D eigenvalue weighted by molar-refractivity contribution is 6.35. The predicted molar refractivity (Wildman–Crippen MR) is 99.6 cm³/mol. The summed E-state index contributed by atoms with van der Waals surface area (Å²) in [5.74, 6) is 6.34. The van der Waals surface area contributed by atoms with Crippen molar-refractivity contribution in [3.63, 3.8) is 0 Å². The molecule has 3 heteroatoms. The number of hydrogen-bond acceptors (Lipinski definition) is 1. The minimum atomic E-state index is -0.0133. The molecule has 0 saturated heterocycles. The summed E-state index contributed by atoms with van der Waals surface area (Å²) in [4.78, 5) is 11.9. The van der Waals surface area contributed by atoms with Gasteiger partial charge in [0.2, 0.25) is 0 Å². The van der Waals surface area contributed by atoms with Crippen LogP contribution in [0, 0.1) is 18.8 Å². The zero-order valence-electron chi connectivity index (χ0n) is 13.8. The average molecular weight is 336 g/mol. The second-order valence-corrected chi connectivity index (χ2v) is 6.17. The van der Waals surface area contributed by atoms with Gasteiger partial charge in [-0.15, -0.1) is 0 Å². The molecule has 0 amide bonds. The summed E-state index contributed by atoms with van der Waals surface area (Å²) in [5.41, 5.74) is 3.81. The second-order valence-electron chi connectivity index (χ2n) is 5.81. The van der Waals surface area contributed by atoms with Crippen molar-refractivity contribution in [1.82, 2.24) is 4.57 Å². The number of nitrogens with zero attached hydrogens (tertiary/aromatic N) is 1. The van der Waals surface area contributed by atoms with Gasteiger partial charge >= 0.3 is 0 Å². The number of ketones is 1. The highest BCUT2D eigenvalue weighted by Crippen LogP contribution is 2.30. The number of hydrogen-bond donors (Lipinski definition) is 0. The maximum absolute atomic E-state index is 11.9. The van der Waals surface area contributed by atoms with Crippen molar-refractivity contribution in [2.45, 2.75) is 26.8 Å². The van der Waals surface area contributed by atoms with Crippen molar-refractivity contribution < 1.29 is 4.79 Å². The van der Waals surface area contributed by atoms with Gasteiger partial charge in [-0.2, -0.15) is 0 Å². The summed E-state index contributed by atoms with van der Waals surface area (Å²) in [6.45, 7) is 4.27. The molecule has 0 fully saturated rings. The van der Waals surface area contributed by atoms with Crippen LogP contribution < -0.4 is 0 Å². The molecule has 0 aliphatic heterocycles. The van der Waals surface area contributed by atoms with Gasteiger partial charge < -0.3 is 4.57 Å². The largest absolute Gasteiger partial charge is 0.330 e. The van der Waals surface area contributed by atoms with E-state index in [1.54, 1.807) is 6.92 Å². The Bertz CT molecular complexity index is 955. The molecule has 3 rings (SSSR count). The SMILES string of the molecule is CC(=O)c1c(Cl)n(CCC#Cc2ccc(C)cc2)c2ccccc12. The molecule has 0 radical (unpaired) electrons. The van der Waals surface area contributed by atoms with E-state index in [0.29, 0.717) is 23.7 Å². The first-order valence-corrected chi connectivity index (χ1v) is 8.29. The lowest BCUT2D eigenvalue weighted by Gasteiger charge is -2.04. The normalized spacial score (nSPS) is 10.5. The molecule has 2 aromatic carbocycles. The minimum Gasteiger partial charge on any atom is -0.330 e. The van der Waals surface area contributed by atoms with E-state index in [4.69, 9.17) is 11.6 Å². The molecule has 0 aliphatic carbocycles. The average Bonchev–Trinajstić information content (AvgIpc) is 2.85. The van der Waals surface area contributed by atoms with Crippen molar-refractivity contribution in [1.29, 1.82) is 0 Å². The van der Waals surface area contributed by atoms with Crippen LogP contribution >= 0.6 is 11.6 Å². The molecule has 0 bridgehead atoms. The lowest BCUT2D eigenvalue weighted by Crippen LogP contribution is -1.98. The molecule has 0 aliphatic rings. The van der Waals surface area contributed by atoms with Gasteiger partial charge in [0.1, 0.15) is 5.15 Å². The number of benzene rings is 2. The summed E-state index contributed by atoms with van der Waals surface area (Å²) in [6, 6.07) is 16.0. The Morgan fingerprint density at radius 2 is 1.83 bits per heavy atom. The summed E-state index contributed by atoms with van der Waals surface area (Å²) in [5, 5.41) is 1.40. The van der Waals surface area contributed by atoms with Crippen LogP contribution in [-0.4, -0.2) is 10.4 Å². The number of aromatic nitrogens is 1. The van der Waals surface area contributed by atoms with Crippen LogP contribution in [0.15, 0.2) is 48.5 Å². The van der Waals surface area contributed by atoms with E-state index in [1.807, 2.05) is 41.0 Å². The van der Waals surface area contributed by atoms with Gasteiger partial charge in [0.25, 0.3) is 0 Å². The van der Waals surface area contributed by atoms with E-state index in [2.05, 4.69) is 30.9 Å². The van der Waals surface area contributed by atoms with Gasteiger partial charge in [-0.3, -0.25) is 4.79 Å². The molecule has 0 atom stereocenters. The fourth-order valence-electron chi connectivity index (χ4n) is 2.79. The van der Waals surface area contributed by atoms with Crippen molar-refractivity contribution in [3.05, 3.63) is 70.4 Å². The highest BCUT2D eigenvalue weighted by atomic mass is 35.5. The van der Waals surface area contributed by atoms with Crippen LogP contribution in [0.2, 0.25) is 5.15 Å². The van der Waals surface area contributed by atoms with Crippen LogP contribution in [0.25, 0.3) is 10.9 Å². The summed E-state index contributed by atoms with van der Waals surface area (Å²) >= 11 is 6.45. The topological polar surface area (TPSA) is 22.0 Å². The number of Topliss-reactive ketones (excluding diaryl/α,β-unsaturated/α-hetero) is 1. The monoisotopic (exact) mass is 335 g/mol. The Labute approximate surface area is 147 Å². The molecule has 2 nitrogen and oxygen atoms in total. The number of rotatable bonds is 3. The molecule has 3 aromatic rings. The van der Waals surface area contributed by atoms with Crippen LogP contribution in [0.4, 0.5) is 0 Å². The smallest absolute Gasteiger partial charge is 0.163 e. The molecule has 0 saturated carbocycles. The maximum Gasteiger partial charge on any atom is 0.163 e. The van der Waals surface area contributed by atoms with E-state index >= 15 is 0 Å². The lowest BCUT2D eigenvalue weighted by atomic mass is 10.1. The van der Waals surface area contributed by atoms with Crippen molar-refractivity contribution in [3.8, 4) is 11.8 Å². The van der Waals surface area contributed by atoms with E-state index in [0.717, 1.165) is 16.5 Å². The Balaban J connectivity index is 1.85. The number of halogens is 1. The number of carbonyl (C=O) groups excluding carboxylic acids is 1. The zero-order chi connectivity index (χ0) is 17.1. The highest BCUT2D eigenvalue weighted by Gasteiger charge is 2.17. The molecule has 0 spiro atoms. The predicted octanol–water partition coefficient (Wildman–Crippen LogP) is 5.25. The molecule has 24 heavy (non-hydrogen) atoms. The maximum atomic E-state index is 11.9. The van der Waals surface area contributed by atoms with Crippen LogP contribution in [0.3, 0.4) is 0 Å². The fraction of sp³-hybridized carbons (Fsp3) is 0.190. The molecular weight excluding hydrogens is 318 g/mol. The Morgan fingerprint density at radius 3 is 2.54 bits per heavy atom. The first-order valence-electron chi connectivity index (χ1n) is 7.91. The summed E-state index contributed by atoms with van der Waals surface area (Å²) < 4.78 is 1.97. The minimum absolute atomic E-state index is 0.0133. The van der Waals surface area contributed by atoms with Crippen LogP contribution in [0.5, 0.6) is 0 Å². The van der Waals surface area contributed by atoms with Gasteiger partial charge in [-0.05, 0) is 32.0 Å². The zero-order valence-corrected chi connectivity index (χ0v) is 14.5. The fourth-order valence-corrected chi connectivity index (χ4v) is 3.21. The van der Waals surface area contributed by atoms with Gasteiger partial charge in [0, 0.05) is 29.4 Å². The Morgan fingerprint density at radius 1 is 1.12 bits per heavy atom. The second kappa shape index (κ2) is 6.95. The van der Waals surface area contributed by atoms with Gasteiger partial charge in [0.05, 0.1) is 5.56 Å². The first-order chi connectivity index (χ1) is 11.6. The van der Waals surface area contributed by atoms with Crippen molar-refractivity contribution in [2.24, 2.45) is 0 Å². The molecule has 1 heterocycles. The number of para-hydroxylation sites is 1. The summed E-state index contributed by atoms with van der Waals surface area (Å²) in [6.07, 6.45) is 0.670. The molecule has 0 N–H and O–H groups in total. The van der Waals surface area contributed by atoms with Gasteiger partial charge in [-0.1, -0.05) is 59.3 Å². The van der Waals surface area contributed by atoms with E-state index in [-0.39, 0.29) is 5.78 Å². The molecule has 1 aromatic heterocycles. The van der Waals surface area contributed by atoms with E-state index in [1.165, 1.54) is 5.56 Å². The van der Waals surface area contributed by atoms with Crippen LogP contribution in [0.1, 0.15) is 34.8 Å². The molecule has 0 unspecified atom stereocenters. The number of aryl methyl sites for hydroxylation is 2. The summed E-state index contributed by atoms with van der Waals surface area (Å²) in [7, 11) is 0. The van der Waals surface area contributed by atoms with E-state index < -0.39 is 0 Å². The quantitative estimate of drug-likeness (QED) is 0.473. The van der Waals surface area contributed by atoms with Crippen LogP contribution in [-0.2, 0) is 6.54 Å². The third-order valence-corrected chi connectivity index (χ3v) is 4.40. The van der Waals surface area contributed by atoms with Crippen molar-refractivity contribution >= 4 is 28.3 Å². The lowest BCUT2D eigenvalue weighted by molar-refractivity contribution is 0.101. The Hall–Kier alpha value is -2.50. The number of fused-ring (bicyclic) bond motifs is 1. The van der Waals surface area contributed by atoms with Gasteiger partial charge in [-0.25, -0.2) is 0 Å². The third-order valence-electron chi connectivity index (χ3n) is 4.00. The first kappa shape index (κ1) is 16.4. The standard InChI is InChI=1S/C21H18ClNO/c1-15-10-12-17(13-11-15)7-5-6-14-23-19-9-4-3-8-18(19)20(16(2)24)21(23)22/h3-4,8-13H,6,14H2,1-2H3.